The van der Waals surface area contributed by atoms with Crippen LogP contribution in [0.25, 0.3) is 0 Å². The third-order valence-corrected chi connectivity index (χ3v) is 4.64. The molecule has 0 bridgehead atoms. The molecule has 0 N–H and O–H groups in total. The van der Waals surface area contributed by atoms with Gasteiger partial charge in [-0.15, -0.1) is 0 Å². The van der Waals surface area contributed by atoms with Gasteiger partial charge in [0.1, 0.15) is 0 Å². The molecule has 0 atom stereocenters. The molecule has 0 heterocycles. The highest BCUT2D eigenvalue weighted by Crippen LogP contribution is 2.10. The van der Waals surface area contributed by atoms with E-state index in [9.17, 15) is 9.59 Å². The molecule has 0 aliphatic heterocycles. The van der Waals surface area contributed by atoms with Crippen molar-refractivity contribution < 1.29 is 19.1 Å². The van der Waals surface area contributed by atoms with Gasteiger partial charge in [-0.05, 0) is 37.5 Å². The first-order valence-corrected chi connectivity index (χ1v) is 11.2. The number of hydrogen-bond acceptors (Lipinski definition) is 4. The molecule has 0 radical (unpaired) electrons. The summed E-state index contributed by atoms with van der Waals surface area (Å²) in [7, 11) is 0. The van der Waals surface area contributed by atoms with Gasteiger partial charge in [0.05, 0.1) is 13.2 Å². The lowest BCUT2D eigenvalue weighted by Gasteiger charge is -2.07. The van der Waals surface area contributed by atoms with Gasteiger partial charge in [-0.3, -0.25) is 9.59 Å². The first kappa shape index (κ1) is 25.9. The zero-order valence-electron chi connectivity index (χ0n) is 18.4. The number of carbonyl (C=O) groups excluding carboxylic acids is 2. The van der Waals surface area contributed by atoms with E-state index in [2.05, 4.69) is 27.7 Å². The topological polar surface area (TPSA) is 52.6 Å². The van der Waals surface area contributed by atoms with Gasteiger partial charge in [0.15, 0.2) is 0 Å². The Balaban J connectivity index is 3.34. The lowest BCUT2D eigenvalue weighted by molar-refractivity contribution is -0.144. The van der Waals surface area contributed by atoms with Crippen molar-refractivity contribution >= 4 is 11.9 Å². The van der Waals surface area contributed by atoms with Crippen LogP contribution in [0.5, 0.6) is 0 Å². The maximum Gasteiger partial charge on any atom is 0.305 e. The van der Waals surface area contributed by atoms with Crippen LogP contribution in [-0.2, 0) is 19.1 Å². The van der Waals surface area contributed by atoms with Gasteiger partial charge in [-0.25, -0.2) is 0 Å². The van der Waals surface area contributed by atoms with E-state index in [1.165, 1.54) is 25.7 Å². The van der Waals surface area contributed by atoms with Crippen LogP contribution in [0.2, 0.25) is 0 Å². The molecule has 0 amide bonds. The summed E-state index contributed by atoms with van der Waals surface area (Å²) >= 11 is 0. The van der Waals surface area contributed by atoms with Crippen LogP contribution >= 0.6 is 0 Å². The van der Waals surface area contributed by atoms with E-state index in [0.717, 1.165) is 56.8 Å². The number of esters is 2. The highest BCUT2D eigenvalue weighted by molar-refractivity contribution is 5.69. The molecule has 0 aromatic carbocycles. The fourth-order valence-corrected chi connectivity index (χ4v) is 2.89. The van der Waals surface area contributed by atoms with Crippen molar-refractivity contribution in [3.8, 4) is 0 Å². The third-order valence-electron chi connectivity index (χ3n) is 4.64. The minimum atomic E-state index is -0.108. The van der Waals surface area contributed by atoms with Crippen LogP contribution in [0, 0.1) is 11.8 Å². The Bertz CT molecular complexity index is 329. The average molecular weight is 385 g/mol. The fourth-order valence-electron chi connectivity index (χ4n) is 2.89. The molecule has 0 unspecified atom stereocenters. The second-order valence-corrected chi connectivity index (χ2v) is 8.49. The molecule has 0 aliphatic carbocycles. The molecular formula is C23H44O4. The van der Waals surface area contributed by atoms with Crippen LogP contribution in [0.4, 0.5) is 0 Å². The third kappa shape index (κ3) is 21.1. The number of unbranched alkanes of at least 4 members (excludes halogenated alkanes) is 6. The Kier molecular flexibility index (Phi) is 17.6. The Morgan fingerprint density at radius 3 is 1.30 bits per heavy atom. The van der Waals surface area contributed by atoms with E-state index in [4.69, 9.17) is 9.47 Å². The largest absolute Gasteiger partial charge is 0.466 e. The Labute approximate surface area is 167 Å². The summed E-state index contributed by atoms with van der Waals surface area (Å²) in [4.78, 5) is 23.3. The van der Waals surface area contributed by atoms with E-state index in [1.807, 2.05) is 0 Å². The van der Waals surface area contributed by atoms with Gasteiger partial charge in [0.2, 0.25) is 0 Å². The highest BCUT2D eigenvalue weighted by atomic mass is 16.5. The summed E-state index contributed by atoms with van der Waals surface area (Å²) in [6, 6.07) is 0. The second-order valence-electron chi connectivity index (χ2n) is 8.49. The van der Waals surface area contributed by atoms with Crippen LogP contribution in [-0.4, -0.2) is 25.2 Å². The molecule has 0 rings (SSSR count). The Morgan fingerprint density at radius 1 is 0.556 bits per heavy atom. The minimum absolute atomic E-state index is 0.108. The number of hydrogen-bond donors (Lipinski definition) is 0. The highest BCUT2D eigenvalue weighted by Gasteiger charge is 2.05. The van der Waals surface area contributed by atoms with Crippen molar-refractivity contribution in [3.63, 3.8) is 0 Å². The van der Waals surface area contributed by atoms with Gasteiger partial charge in [-0.1, -0.05) is 72.6 Å². The van der Waals surface area contributed by atoms with E-state index >= 15 is 0 Å². The summed E-state index contributed by atoms with van der Waals surface area (Å²) in [5.41, 5.74) is 0. The van der Waals surface area contributed by atoms with Crippen LogP contribution in [0.1, 0.15) is 111 Å². The lowest BCUT2D eigenvalue weighted by Crippen LogP contribution is -2.07. The number of rotatable bonds is 18. The van der Waals surface area contributed by atoms with E-state index < -0.39 is 0 Å². The molecule has 0 aliphatic rings. The van der Waals surface area contributed by atoms with Crippen LogP contribution in [0.15, 0.2) is 0 Å². The van der Waals surface area contributed by atoms with Gasteiger partial charge < -0.3 is 9.47 Å². The minimum Gasteiger partial charge on any atom is -0.466 e. The predicted octanol–water partition coefficient (Wildman–Crippen LogP) is 6.46. The zero-order valence-corrected chi connectivity index (χ0v) is 18.4. The van der Waals surface area contributed by atoms with Crippen molar-refractivity contribution in [3.05, 3.63) is 0 Å². The molecular weight excluding hydrogens is 340 g/mol. The monoisotopic (exact) mass is 384 g/mol. The molecule has 4 nitrogen and oxygen atoms in total. The Hall–Kier alpha value is -1.06. The number of ether oxygens (including phenoxy) is 2. The maximum atomic E-state index is 11.6. The number of carbonyl (C=O) groups is 2. The SMILES string of the molecule is CC(C)CCCCCOC(=O)CCCCCC(=O)OCCCCCC(C)C. The fraction of sp³-hybridized carbons (Fsp3) is 0.913. The van der Waals surface area contributed by atoms with Crippen molar-refractivity contribution in [2.75, 3.05) is 13.2 Å². The molecule has 0 saturated heterocycles. The van der Waals surface area contributed by atoms with Crippen molar-refractivity contribution in [2.45, 2.75) is 111 Å². The summed E-state index contributed by atoms with van der Waals surface area (Å²) in [5, 5.41) is 0. The molecule has 4 heteroatoms. The molecule has 0 aromatic heterocycles. The van der Waals surface area contributed by atoms with Crippen LogP contribution in [0.3, 0.4) is 0 Å². The summed E-state index contributed by atoms with van der Waals surface area (Å²) < 4.78 is 10.5. The normalized spacial score (nSPS) is 11.2. The van der Waals surface area contributed by atoms with Crippen molar-refractivity contribution in [1.82, 2.24) is 0 Å². The van der Waals surface area contributed by atoms with Gasteiger partial charge >= 0.3 is 11.9 Å². The van der Waals surface area contributed by atoms with Crippen molar-refractivity contribution in [2.24, 2.45) is 11.8 Å². The zero-order chi connectivity index (χ0) is 20.3. The summed E-state index contributed by atoms with van der Waals surface area (Å²) in [6.45, 7) is 10.0. The van der Waals surface area contributed by atoms with E-state index in [0.29, 0.717) is 26.1 Å². The molecule has 0 spiro atoms. The predicted molar refractivity (Wildman–Crippen MR) is 112 cm³/mol. The summed E-state index contributed by atoms with van der Waals surface area (Å²) in [5.74, 6) is 1.28. The molecule has 0 fully saturated rings. The van der Waals surface area contributed by atoms with E-state index in [-0.39, 0.29) is 11.9 Å². The van der Waals surface area contributed by atoms with Gasteiger partial charge in [0, 0.05) is 12.8 Å². The average Bonchev–Trinajstić information content (AvgIpc) is 2.60. The van der Waals surface area contributed by atoms with Gasteiger partial charge in [0.25, 0.3) is 0 Å². The quantitative estimate of drug-likeness (QED) is 0.201. The maximum absolute atomic E-state index is 11.6. The van der Waals surface area contributed by atoms with Crippen LogP contribution < -0.4 is 0 Å². The molecule has 27 heavy (non-hydrogen) atoms. The second kappa shape index (κ2) is 18.3. The summed E-state index contributed by atoms with van der Waals surface area (Å²) in [6.07, 6.45) is 12.4. The van der Waals surface area contributed by atoms with Gasteiger partial charge in [-0.2, -0.15) is 0 Å². The molecule has 0 aromatic rings. The molecule has 160 valence electrons. The Morgan fingerprint density at radius 2 is 0.926 bits per heavy atom. The van der Waals surface area contributed by atoms with E-state index in [1.54, 1.807) is 0 Å². The smallest absolute Gasteiger partial charge is 0.305 e. The first-order valence-electron chi connectivity index (χ1n) is 11.2. The van der Waals surface area contributed by atoms with Crippen molar-refractivity contribution in [1.29, 1.82) is 0 Å². The first-order chi connectivity index (χ1) is 12.9. The standard InChI is InChI=1S/C23H44O4/c1-20(2)14-8-6-12-18-26-22(24)16-10-5-11-17-23(25)27-19-13-7-9-15-21(3)4/h20-21H,5-19H2,1-4H3. The lowest BCUT2D eigenvalue weighted by atomic mass is 10.1. The molecule has 0 saturated carbocycles.